The summed E-state index contributed by atoms with van der Waals surface area (Å²) in [5.41, 5.74) is 3.14. The van der Waals surface area contributed by atoms with Gasteiger partial charge in [-0.1, -0.05) is 24.3 Å². The van der Waals surface area contributed by atoms with Gasteiger partial charge >= 0.3 is 5.97 Å². The number of hydrogen-bond acceptors (Lipinski definition) is 5. The molecule has 7 nitrogen and oxygen atoms in total. The summed E-state index contributed by atoms with van der Waals surface area (Å²) in [5.74, 6) is 0.426. The molecule has 1 fully saturated rings. The van der Waals surface area contributed by atoms with Crippen LogP contribution in [0.4, 0.5) is 0 Å². The van der Waals surface area contributed by atoms with Gasteiger partial charge in [-0.3, -0.25) is 9.69 Å². The fourth-order valence-corrected chi connectivity index (χ4v) is 4.84. The number of piperidine rings is 1. The van der Waals surface area contributed by atoms with Crippen LogP contribution in [0.2, 0.25) is 0 Å². The molecule has 1 aromatic heterocycles. The Labute approximate surface area is 176 Å². The summed E-state index contributed by atoms with van der Waals surface area (Å²) in [6.45, 7) is 3.61. The highest BCUT2D eigenvalue weighted by molar-refractivity contribution is 5.68. The van der Waals surface area contributed by atoms with Crippen LogP contribution < -0.4 is 10.3 Å². The Hall–Kier alpha value is -2.64. The lowest BCUT2D eigenvalue weighted by Gasteiger charge is -2.43. The van der Waals surface area contributed by atoms with Gasteiger partial charge < -0.3 is 19.3 Å². The molecule has 3 heterocycles. The average molecular weight is 412 g/mol. The minimum absolute atomic E-state index is 0.150. The topological polar surface area (TPSA) is 75.0 Å². The first-order valence-electron chi connectivity index (χ1n) is 10.4. The zero-order valence-corrected chi connectivity index (χ0v) is 17.6. The van der Waals surface area contributed by atoms with Gasteiger partial charge in [0.1, 0.15) is 5.75 Å². The molecule has 0 radical (unpaired) electrons. The molecule has 160 valence electrons. The van der Waals surface area contributed by atoms with Crippen LogP contribution in [-0.4, -0.2) is 59.2 Å². The highest BCUT2D eigenvalue weighted by atomic mass is 16.5. The Balaban J connectivity index is 1.52. The molecule has 2 aliphatic heterocycles. The van der Waals surface area contributed by atoms with E-state index in [-0.39, 0.29) is 12.2 Å². The lowest BCUT2D eigenvalue weighted by Crippen LogP contribution is -2.47. The normalized spacial score (nSPS) is 20.8. The lowest BCUT2D eigenvalue weighted by molar-refractivity contribution is -0.139. The molecule has 0 spiro atoms. The molecule has 1 saturated heterocycles. The summed E-state index contributed by atoms with van der Waals surface area (Å²) in [6, 6.07) is 11.8. The molecular formula is C23H29N3O4. The van der Waals surface area contributed by atoms with Gasteiger partial charge in [0.25, 0.3) is 5.56 Å². The molecular weight excluding hydrogens is 382 g/mol. The van der Waals surface area contributed by atoms with Crippen molar-refractivity contribution in [3.05, 3.63) is 63.6 Å². The third kappa shape index (κ3) is 4.42. The number of aromatic nitrogens is 1. The molecule has 0 unspecified atom stereocenters. The molecule has 2 atom stereocenters. The average Bonchev–Trinajstić information content (AvgIpc) is 2.69. The Kier molecular flexibility index (Phi) is 5.92. The van der Waals surface area contributed by atoms with Crippen molar-refractivity contribution in [2.45, 2.75) is 32.0 Å². The minimum atomic E-state index is -0.979. The number of ether oxygens (including phenoxy) is 1. The maximum atomic E-state index is 13.0. The summed E-state index contributed by atoms with van der Waals surface area (Å²) < 4.78 is 7.47. The van der Waals surface area contributed by atoms with Crippen molar-refractivity contribution >= 4 is 5.97 Å². The quantitative estimate of drug-likeness (QED) is 0.751. The molecule has 2 aromatic rings. The Morgan fingerprint density at radius 3 is 2.70 bits per heavy atom. The van der Waals surface area contributed by atoms with Gasteiger partial charge in [-0.25, -0.2) is 4.79 Å². The number of hydrogen-bond donors (Lipinski definition) is 1. The predicted octanol–water partition coefficient (Wildman–Crippen LogP) is 1.99. The molecule has 0 saturated carbocycles. The molecule has 30 heavy (non-hydrogen) atoms. The molecule has 1 aromatic carbocycles. The molecule has 7 heteroatoms. The zero-order valence-electron chi connectivity index (χ0n) is 17.6. The van der Waals surface area contributed by atoms with Crippen LogP contribution in [0.25, 0.3) is 0 Å². The van der Waals surface area contributed by atoms with Crippen LogP contribution >= 0.6 is 0 Å². The van der Waals surface area contributed by atoms with Crippen LogP contribution in [-0.2, 0) is 24.4 Å². The van der Waals surface area contributed by atoms with E-state index in [0.29, 0.717) is 30.7 Å². The Morgan fingerprint density at radius 2 is 1.93 bits per heavy atom. The lowest BCUT2D eigenvalue weighted by atomic mass is 9.82. The highest BCUT2D eigenvalue weighted by Crippen LogP contribution is 2.36. The molecule has 0 aliphatic carbocycles. The van der Waals surface area contributed by atoms with E-state index in [2.05, 4.69) is 11.0 Å². The summed E-state index contributed by atoms with van der Waals surface area (Å²) in [6.07, 6.45) is 1.11. The number of aliphatic carboxylic acids is 1. The van der Waals surface area contributed by atoms with E-state index in [0.717, 1.165) is 42.9 Å². The van der Waals surface area contributed by atoms with Crippen molar-refractivity contribution in [2.24, 2.45) is 5.92 Å². The first-order chi connectivity index (χ1) is 14.4. The third-order valence-corrected chi connectivity index (χ3v) is 5.96. The number of rotatable bonds is 7. The second kappa shape index (κ2) is 8.62. The van der Waals surface area contributed by atoms with Crippen LogP contribution in [0.3, 0.4) is 0 Å². The number of fused-ring (bicyclic) bond motifs is 4. The van der Waals surface area contributed by atoms with E-state index >= 15 is 0 Å². The first kappa shape index (κ1) is 20.6. The summed E-state index contributed by atoms with van der Waals surface area (Å²) >= 11 is 0. The fourth-order valence-electron chi connectivity index (χ4n) is 4.84. The van der Waals surface area contributed by atoms with Gasteiger partial charge in [-0.15, -0.1) is 0 Å². The van der Waals surface area contributed by atoms with Crippen molar-refractivity contribution in [3.63, 3.8) is 0 Å². The fraction of sp³-hybridized carbons (Fsp3) is 0.478. The SMILES string of the molecule is CN(C)Cc1ccc2n(c1=O)C[C@H]1C[C@@H]2CN(Cc2ccccc2OCC(=O)O)C1. The van der Waals surface area contributed by atoms with Gasteiger partial charge in [0, 0.05) is 55.5 Å². The van der Waals surface area contributed by atoms with Crippen molar-refractivity contribution in [1.82, 2.24) is 14.4 Å². The van der Waals surface area contributed by atoms with Crippen molar-refractivity contribution in [2.75, 3.05) is 33.8 Å². The molecule has 0 amide bonds. The zero-order chi connectivity index (χ0) is 21.3. The second-order valence-electron chi connectivity index (χ2n) is 8.72. The first-order valence-corrected chi connectivity index (χ1v) is 10.4. The maximum absolute atomic E-state index is 13.0. The number of nitrogens with zero attached hydrogens (tertiary/aromatic N) is 3. The van der Waals surface area contributed by atoms with E-state index < -0.39 is 5.97 Å². The van der Waals surface area contributed by atoms with E-state index in [1.165, 1.54) is 0 Å². The predicted molar refractivity (Wildman–Crippen MR) is 114 cm³/mol. The van der Waals surface area contributed by atoms with Crippen LogP contribution in [0.5, 0.6) is 5.75 Å². The number of benzene rings is 1. The maximum Gasteiger partial charge on any atom is 0.341 e. The number of pyridine rings is 1. The molecule has 1 N–H and O–H groups in total. The number of carboxylic acids is 1. The molecule has 4 rings (SSSR count). The van der Waals surface area contributed by atoms with Crippen molar-refractivity contribution < 1.29 is 14.6 Å². The summed E-state index contributed by atoms with van der Waals surface area (Å²) in [5, 5.41) is 8.91. The number of carbonyl (C=O) groups is 1. The van der Waals surface area contributed by atoms with Crippen LogP contribution in [0.15, 0.2) is 41.2 Å². The molecule has 2 aliphatic rings. The number of carboxylic acid groups (broad SMARTS) is 1. The number of likely N-dealkylation sites (tertiary alicyclic amines) is 1. The smallest absolute Gasteiger partial charge is 0.341 e. The van der Waals surface area contributed by atoms with Gasteiger partial charge in [-0.2, -0.15) is 0 Å². The van der Waals surface area contributed by atoms with Gasteiger partial charge in [-0.05, 0) is 38.6 Å². The Bertz CT molecular complexity index is 985. The van der Waals surface area contributed by atoms with Crippen LogP contribution in [0.1, 0.15) is 29.2 Å². The number of para-hydroxylation sites is 1. The minimum Gasteiger partial charge on any atom is -0.482 e. The Morgan fingerprint density at radius 1 is 1.13 bits per heavy atom. The molecule has 2 bridgehead atoms. The van der Waals surface area contributed by atoms with Crippen molar-refractivity contribution in [1.29, 1.82) is 0 Å². The van der Waals surface area contributed by atoms with Crippen LogP contribution in [0, 0.1) is 5.92 Å². The van der Waals surface area contributed by atoms with Gasteiger partial charge in [0.2, 0.25) is 0 Å². The summed E-state index contributed by atoms with van der Waals surface area (Å²) in [4.78, 5) is 28.3. The highest BCUT2D eigenvalue weighted by Gasteiger charge is 2.35. The largest absolute Gasteiger partial charge is 0.482 e. The monoisotopic (exact) mass is 411 g/mol. The summed E-state index contributed by atoms with van der Waals surface area (Å²) in [7, 11) is 3.96. The van der Waals surface area contributed by atoms with E-state index in [9.17, 15) is 9.59 Å². The standard InChI is InChI=1S/C23H29N3O4/c1-24(2)12-18-7-8-20-19-9-16(11-26(20)23(18)29)10-25(14-19)13-17-5-3-4-6-21(17)30-15-22(27)28/h3-8,16,19H,9-15H2,1-2H3,(H,27,28)/t16-,19+/m0/s1. The van der Waals surface area contributed by atoms with Gasteiger partial charge in [0.05, 0.1) is 0 Å². The third-order valence-electron chi connectivity index (χ3n) is 5.96. The second-order valence-corrected chi connectivity index (χ2v) is 8.72. The van der Waals surface area contributed by atoms with Gasteiger partial charge in [0.15, 0.2) is 6.61 Å². The van der Waals surface area contributed by atoms with Crippen molar-refractivity contribution in [3.8, 4) is 5.75 Å². The van der Waals surface area contributed by atoms with E-state index in [1.54, 1.807) is 0 Å². The van der Waals surface area contributed by atoms with E-state index in [4.69, 9.17) is 9.84 Å². The van der Waals surface area contributed by atoms with E-state index in [1.807, 2.05) is 53.9 Å².